The maximum absolute atomic E-state index is 14.6. The SMILES string of the molecule is CC[C@H](C)[C@H](NC(=O)[C@@H](NC(=O)[C@H](CO)NC(=O)CNC(=O)[C@H](CCCN=C(N)N)NC(=O)[C@H](C)NC(=O)[C@H](CCC(=O)O)NC(=O)CNC(=O)[C@H](CCC(=O)O)NC(=O)[C@@H](NC(=O)c1ccccc1N)[C@@H](C)O)C(C)C)C(=O)N[C@@H](CNc1ccc([N+](=O)[O-])cc1[N+](=O)[O-])C(=O)N[C@@H](CCCCN)C(=O)N[C@@H](CCCCN)C(N)=O. The number of amides is 14. The molecule has 0 spiro atoms. The summed E-state index contributed by atoms with van der Waals surface area (Å²) in [6.07, 6.45) is -2.91. The molecule has 0 saturated carbocycles. The summed E-state index contributed by atoms with van der Waals surface area (Å²) in [6, 6.07) is -9.52. The molecular formula is C69H109N23O24. The summed E-state index contributed by atoms with van der Waals surface area (Å²) < 4.78 is 0. The van der Waals surface area contributed by atoms with E-state index in [1.54, 1.807) is 6.92 Å². The van der Waals surface area contributed by atoms with E-state index in [4.69, 9.17) is 34.4 Å². The Bertz CT molecular complexity index is 3810. The van der Waals surface area contributed by atoms with Crippen molar-refractivity contribution in [2.24, 2.45) is 45.5 Å². The third kappa shape index (κ3) is 35.7. The number of carboxylic acids is 2. The van der Waals surface area contributed by atoms with E-state index < -0.39 is 252 Å². The standard InChI is InChI=1S/C69H109N23O24/c1-7-35(4)55(67(111)87-47(30-77-41-21-20-38(91(113)114)29-49(41)92(115)116)64(108)85-44(18-11-13-27-71)63(107)83-42(57(73)101)17-10-12-26-70)89-66(110)54(34(2)3)88-65(109)48(33-93)82-51(96)32-78-60(104)43(19-14-28-76-69(74)75)84-58(102)36(5)80-62(106)46(23-25-53(99)100)81-50(95)31-79-61(105)45(22-24-52(97)98)86-68(112)56(37(6)94)90-59(103)39-15-8-9-16-40(39)72/h8-9,15-16,20-21,29,34-37,42-48,54-56,77,93-94H,7,10-14,17-19,22-28,30-33,70-72H2,1-6H3,(H2,73,101)(H,78,104)(H,79,105)(H,80,106)(H,81,95)(H,82,96)(H,83,107)(H,84,102)(H,85,108)(H,86,112)(H,87,111)(H,88,109)(H,89,110)(H,90,103)(H,97,98)(H,99,100)(H4,74,75,76)/t35-,36-,37+,42-,43-,44-,45-,46-,47-,48-,54-,55-,56-/m0/s1. The van der Waals surface area contributed by atoms with Crippen LogP contribution in [0.25, 0.3) is 0 Å². The third-order valence-electron chi connectivity index (χ3n) is 17.6. The minimum absolute atomic E-state index is 0.0176. The van der Waals surface area contributed by atoms with Gasteiger partial charge in [-0.1, -0.05) is 46.2 Å². The van der Waals surface area contributed by atoms with Gasteiger partial charge in [0.05, 0.1) is 47.3 Å². The van der Waals surface area contributed by atoms with Crippen LogP contribution in [0.2, 0.25) is 0 Å². The van der Waals surface area contributed by atoms with E-state index in [9.17, 15) is 117 Å². The quantitative estimate of drug-likeness (QED) is 0.00731. The first-order valence-electron chi connectivity index (χ1n) is 37.0. The molecule has 13 atom stereocenters. The van der Waals surface area contributed by atoms with Gasteiger partial charge < -0.3 is 129 Å². The number of unbranched alkanes of at least 4 members (excludes halogenated alkanes) is 2. The number of nitrogens with zero attached hydrogens (tertiary/aromatic N) is 3. The normalized spacial score (nSPS) is 14.3. The number of anilines is 2. The van der Waals surface area contributed by atoms with Gasteiger partial charge in [-0.2, -0.15) is 0 Å². The molecule has 0 aromatic heterocycles. The Kier molecular flexibility index (Phi) is 44.0. The predicted molar refractivity (Wildman–Crippen MR) is 413 cm³/mol. The van der Waals surface area contributed by atoms with Crippen LogP contribution >= 0.6 is 0 Å². The molecule has 0 heterocycles. The van der Waals surface area contributed by atoms with Gasteiger partial charge in [0, 0.05) is 37.7 Å². The number of benzene rings is 2. The van der Waals surface area contributed by atoms with Crippen molar-refractivity contribution in [3.63, 3.8) is 0 Å². The van der Waals surface area contributed by atoms with Crippen LogP contribution in [-0.2, 0) is 71.9 Å². The monoisotopic (exact) mass is 1640 g/mol. The van der Waals surface area contributed by atoms with Crippen molar-refractivity contribution in [1.82, 2.24) is 69.1 Å². The van der Waals surface area contributed by atoms with Gasteiger partial charge in [0.1, 0.15) is 72.1 Å². The first-order valence-corrected chi connectivity index (χ1v) is 37.0. The number of hydrogen-bond donors (Lipinski definition) is 24. The van der Waals surface area contributed by atoms with Gasteiger partial charge in [0.2, 0.25) is 76.8 Å². The number of nitrogens with one attached hydrogen (secondary N) is 14. The molecule has 14 amide bonds. The average molecular weight is 1640 g/mol. The molecular weight excluding hydrogens is 1530 g/mol. The molecule has 0 aliphatic carbocycles. The fraction of sp³-hybridized carbons (Fsp3) is 0.580. The number of nitrogens with two attached hydrogens (primary N) is 6. The maximum atomic E-state index is 14.6. The van der Waals surface area contributed by atoms with Crippen LogP contribution in [0.5, 0.6) is 0 Å². The molecule has 644 valence electrons. The number of nitro groups is 2. The average Bonchev–Trinajstić information content (AvgIpc) is 0.835. The maximum Gasteiger partial charge on any atom is 0.303 e. The second kappa shape index (κ2) is 51.3. The Morgan fingerprint density at radius 2 is 0.957 bits per heavy atom. The lowest BCUT2D eigenvalue weighted by molar-refractivity contribution is -0.393. The number of hydrogen-bond acceptors (Lipinski definition) is 27. The van der Waals surface area contributed by atoms with E-state index >= 15 is 0 Å². The number of nitro benzene ring substituents is 2. The number of carbonyl (C=O) groups is 16. The van der Waals surface area contributed by atoms with Crippen molar-refractivity contribution in [1.29, 1.82) is 0 Å². The molecule has 0 radical (unpaired) electrons. The molecule has 0 aliphatic heterocycles. The number of aliphatic carboxylic acids is 2. The molecule has 0 aliphatic rings. The van der Waals surface area contributed by atoms with Crippen LogP contribution in [0.4, 0.5) is 22.7 Å². The number of aliphatic hydroxyl groups is 2. The Balaban J connectivity index is 2.36. The molecule has 2 aromatic carbocycles. The minimum atomic E-state index is -1.86. The molecule has 0 fully saturated rings. The molecule has 30 N–H and O–H groups in total. The lowest BCUT2D eigenvalue weighted by Crippen LogP contribution is -2.62. The summed E-state index contributed by atoms with van der Waals surface area (Å²) in [5, 5.41) is 96.5. The Labute approximate surface area is 665 Å². The Hall–Kier alpha value is -12.5. The topological polar surface area (TPSA) is 777 Å². The minimum Gasteiger partial charge on any atom is -0.481 e. The number of aliphatic hydroxyl groups excluding tert-OH is 2. The lowest BCUT2D eigenvalue weighted by atomic mass is 9.96. The molecule has 47 nitrogen and oxygen atoms in total. The van der Waals surface area contributed by atoms with E-state index in [-0.39, 0.29) is 81.1 Å². The van der Waals surface area contributed by atoms with Gasteiger partial charge in [-0.15, -0.1) is 0 Å². The number of aliphatic imine (C=N–C) groups is 1. The summed E-state index contributed by atoms with van der Waals surface area (Å²) in [7, 11) is 0. The second-order valence-electron chi connectivity index (χ2n) is 27.2. The van der Waals surface area contributed by atoms with Gasteiger partial charge in [0.15, 0.2) is 5.96 Å². The van der Waals surface area contributed by atoms with Crippen LogP contribution in [0.3, 0.4) is 0 Å². The summed E-state index contributed by atoms with van der Waals surface area (Å²) in [5.74, 6) is -19.8. The number of rotatable bonds is 55. The van der Waals surface area contributed by atoms with Crippen LogP contribution in [0, 0.1) is 32.1 Å². The van der Waals surface area contributed by atoms with Crippen molar-refractivity contribution >= 4 is 123 Å². The molecule has 0 bridgehead atoms. The van der Waals surface area contributed by atoms with E-state index in [1.807, 2.05) is 0 Å². The number of para-hydroxylation sites is 1. The van der Waals surface area contributed by atoms with Gasteiger partial charge >= 0.3 is 11.9 Å². The highest BCUT2D eigenvalue weighted by Gasteiger charge is 2.38. The van der Waals surface area contributed by atoms with E-state index in [0.29, 0.717) is 25.3 Å². The summed E-state index contributed by atoms with van der Waals surface area (Å²) in [6.45, 7) is 4.90. The van der Waals surface area contributed by atoms with Crippen molar-refractivity contribution in [3.05, 3.63) is 68.3 Å². The second-order valence-corrected chi connectivity index (χ2v) is 27.2. The number of guanidine groups is 1. The molecule has 2 rings (SSSR count). The van der Waals surface area contributed by atoms with Crippen molar-refractivity contribution in [2.75, 3.05) is 56.9 Å². The van der Waals surface area contributed by atoms with Gasteiger partial charge in [-0.05, 0) is 121 Å². The number of carbonyl (C=O) groups excluding carboxylic acids is 14. The van der Waals surface area contributed by atoms with Crippen LogP contribution in [-0.4, -0.2) is 249 Å². The number of non-ortho nitro benzene ring substituents is 1. The van der Waals surface area contributed by atoms with Crippen molar-refractivity contribution in [3.8, 4) is 0 Å². The van der Waals surface area contributed by atoms with E-state index in [2.05, 4.69) is 79.4 Å². The first-order chi connectivity index (χ1) is 54.6. The first kappa shape index (κ1) is 99.5. The highest BCUT2D eigenvalue weighted by atomic mass is 16.6. The zero-order valence-corrected chi connectivity index (χ0v) is 65.0. The van der Waals surface area contributed by atoms with E-state index in [1.165, 1.54) is 45.0 Å². The highest BCUT2D eigenvalue weighted by molar-refractivity contribution is 6.03. The predicted octanol–water partition coefficient (Wildman–Crippen LogP) is -7.00. The van der Waals surface area contributed by atoms with Crippen LogP contribution < -0.4 is 109 Å². The van der Waals surface area contributed by atoms with Gasteiger partial charge in [-0.25, -0.2) is 0 Å². The van der Waals surface area contributed by atoms with Gasteiger partial charge in [-0.3, -0.25) is 102 Å². The van der Waals surface area contributed by atoms with Crippen molar-refractivity contribution < 1.29 is 107 Å². The largest absolute Gasteiger partial charge is 0.481 e. The summed E-state index contributed by atoms with van der Waals surface area (Å²) in [5.41, 5.74) is 31.8. The highest BCUT2D eigenvalue weighted by Crippen LogP contribution is 2.29. The lowest BCUT2D eigenvalue weighted by Gasteiger charge is -2.30. The summed E-state index contributed by atoms with van der Waals surface area (Å²) >= 11 is 0. The zero-order chi connectivity index (χ0) is 87.6. The van der Waals surface area contributed by atoms with Crippen LogP contribution in [0.15, 0.2) is 47.5 Å². The third-order valence-corrected chi connectivity index (χ3v) is 17.6. The zero-order valence-electron chi connectivity index (χ0n) is 65.0. The molecule has 116 heavy (non-hydrogen) atoms. The number of primary amides is 1. The number of carboxylic acid groups (broad SMARTS) is 2. The van der Waals surface area contributed by atoms with Crippen LogP contribution in [0.1, 0.15) is 135 Å². The fourth-order valence-corrected chi connectivity index (χ4v) is 10.8. The Morgan fingerprint density at radius 3 is 1.47 bits per heavy atom. The molecule has 0 unspecified atom stereocenters. The fourth-order valence-electron chi connectivity index (χ4n) is 10.8. The smallest absolute Gasteiger partial charge is 0.303 e. The Morgan fingerprint density at radius 1 is 0.500 bits per heavy atom. The molecule has 2 aromatic rings. The molecule has 47 heteroatoms. The molecule has 0 saturated heterocycles. The van der Waals surface area contributed by atoms with Gasteiger partial charge in [0.25, 0.3) is 17.3 Å². The van der Waals surface area contributed by atoms with Crippen molar-refractivity contribution in [2.45, 2.75) is 198 Å². The summed E-state index contributed by atoms with van der Waals surface area (Å²) in [4.78, 5) is 240. The van der Waals surface area contributed by atoms with E-state index in [0.717, 1.165) is 26.0 Å². The number of nitrogen functional groups attached to an aromatic ring is 1.